The number of fused-ring (bicyclic) bond motifs is 1. The van der Waals surface area contributed by atoms with E-state index in [0.29, 0.717) is 16.7 Å². The van der Waals surface area contributed by atoms with Crippen LogP contribution < -0.4 is 4.90 Å². The van der Waals surface area contributed by atoms with Crippen molar-refractivity contribution in [3.8, 4) is 0 Å². The van der Waals surface area contributed by atoms with E-state index in [2.05, 4.69) is 21.8 Å². The van der Waals surface area contributed by atoms with E-state index in [1.165, 1.54) is 12.4 Å². The number of hydrogen-bond donors (Lipinski definition) is 0. The molecule has 0 aliphatic carbocycles. The predicted octanol–water partition coefficient (Wildman–Crippen LogP) is 3.01. The van der Waals surface area contributed by atoms with Crippen molar-refractivity contribution in [2.75, 3.05) is 18.0 Å². The van der Waals surface area contributed by atoms with Gasteiger partial charge in [-0.25, -0.2) is 14.4 Å². The highest BCUT2D eigenvalue weighted by molar-refractivity contribution is 5.89. The average Bonchev–Trinajstić information content (AvgIpc) is 2.36. The van der Waals surface area contributed by atoms with Crippen molar-refractivity contribution in [3.05, 3.63) is 30.3 Å². The van der Waals surface area contributed by atoms with Crippen molar-refractivity contribution >= 4 is 16.7 Å². The van der Waals surface area contributed by atoms with Crippen molar-refractivity contribution in [3.63, 3.8) is 0 Å². The summed E-state index contributed by atoms with van der Waals surface area (Å²) in [5, 5.41) is 0.519. The van der Waals surface area contributed by atoms with Crippen LogP contribution >= 0.6 is 0 Å². The Bertz CT molecular complexity index is 508. The molecule has 0 radical (unpaired) electrons. The average molecular weight is 233 g/mol. The van der Waals surface area contributed by atoms with Crippen molar-refractivity contribution in [1.29, 1.82) is 0 Å². The molecule has 0 saturated carbocycles. The standard InChI is InChI=1S/C13H16FN3/c1-3-8-17(4-2)13-12-10(14)6-5-7-11(12)15-9-16-13/h5-7,9H,3-4,8H2,1-2H3. The SMILES string of the molecule is CCCN(CC)c1ncnc2cccc(F)c12. The number of rotatable bonds is 4. The minimum absolute atomic E-state index is 0.257. The number of nitrogens with zero attached hydrogens (tertiary/aromatic N) is 3. The van der Waals surface area contributed by atoms with E-state index in [4.69, 9.17) is 0 Å². The molecule has 1 heterocycles. The van der Waals surface area contributed by atoms with Gasteiger partial charge in [0.05, 0.1) is 10.9 Å². The van der Waals surface area contributed by atoms with Crippen molar-refractivity contribution < 1.29 is 4.39 Å². The Hall–Kier alpha value is -1.71. The van der Waals surface area contributed by atoms with Gasteiger partial charge in [0.2, 0.25) is 0 Å². The van der Waals surface area contributed by atoms with Crippen molar-refractivity contribution in [2.45, 2.75) is 20.3 Å². The van der Waals surface area contributed by atoms with Gasteiger partial charge in [0.1, 0.15) is 18.0 Å². The first kappa shape index (κ1) is 11.8. The van der Waals surface area contributed by atoms with E-state index in [1.807, 2.05) is 13.0 Å². The minimum Gasteiger partial charge on any atom is -0.356 e. The van der Waals surface area contributed by atoms with Gasteiger partial charge < -0.3 is 4.90 Å². The molecule has 2 aromatic rings. The Morgan fingerprint density at radius 3 is 2.76 bits per heavy atom. The zero-order valence-electron chi connectivity index (χ0n) is 10.2. The Kier molecular flexibility index (Phi) is 3.52. The molecule has 90 valence electrons. The van der Waals surface area contributed by atoms with Crippen LogP contribution in [-0.2, 0) is 0 Å². The second-order valence-electron chi connectivity index (χ2n) is 3.91. The topological polar surface area (TPSA) is 29.0 Å². The van der Waals surface area contributed by atoms with Crippen LogP contribution in [-0.4, -0.2) is 23.1 Å². The van der Waals surface area contributed by atoms with E-state index >= 15 is 0 Å². The lowest BCUT2D eigenvalue weighted by molar-refractivity contribution is 0.638. The first-order valence-corrected chi connectivity index (χ1v) is 5.92. The van der Waals surface area contributed by atoms with E-state index in [-0.39, 0.29) is 5.82 Å². The van der Waals surface area contributed by atoms with Crippen LogP contribution in [0.1, 0.15) is 20.3 Å². The molecule has 1 aromatic carbocycles. The predicted molar refractivity (Wildman–Crippen MR) is 67.7 cm³/mol. The fourth-order valence-electron chi connectivity index (χ4n) is 1.98. The molecule has 0 spiro atoms. The van der Waals surface area contributed by atoms with Crippen LogP contribution in [0.3, 0.4) is 0 Å². The number of benzene rings is 1. The van der Waals surface area contributed by atoms with Crippen LogP contribution in [0.15, 0.2) is 24.5 Å². The normalized spacial score (nSPS) is 10.8. The molecule has 0 bridgehead atoms. The Morgan fingerprint density at radius 2 is 2.06 bits per heavy atom. The van der Waals surface area contributed by atoms with Crippen molar-refractivity contribution in [1.82, 2.24) is 9.97 Å². The second-order valence-corrected chi connectivity index (χ2v) is 3.91. The molecule has 0 unspecified atom stereocenters. The highest BCUT2D eigenvalue weighted by atomic mass is 19.1. The van der Waals surface area contributed by atoms with Gasteiger partial charge in [0.15, 0.2) is 0 Å². The third kappa shape index (κ3) is 2.20. The minimum atomic E-state index is -0.257. The smallest absolute Gasteiger partial charge is 0.142 e. The molecule has 17 heavy (non-hydrogen) atoms. The van der Waals surface area contributed by atoms with Crippen LogP contribution in [0.5, 0.6) is 0 Å². The van der Waals surface area contributed by atoms with Gasteiger partial charge >= 0.3 is 0 Å². The second kappa shape index (κ2) is 5.08. The fourth-order valence-corrected chi connectivity index (χ4v) is 1.98. The Labute approximate surface area is 100 Å². The van der Waals surface area contributed by atoms with Crippen LogP contribution in [0, 0.1) is 5.82 Å². The zero-order valence-corrected chi connectivity index (χ0v) is 10.2. The lowest BCUT2D eigenvalue weighted by Gasteiger charge is -2.22. The number of anilines is 1. The maximum atomic E-state index is 13.9. The van der Waals surface area contributed by atoms with E-state index in [0.717, 1.165) is 19.5 Å². The van der Waals surface area contributed by atoms with Gasteiger partial charge in [-0.15, -0.1) is 0 Å². The van der Waals surface area contributed by atoms with E-state index in [1.54, 1.807) is 6.07 Å². The molecule has 3 nitrogen and oxygen atoms in total. The third-order valence-electron chi connectivity index (χ3n) is 2.77. The Morgan fingerprint density at radius 1 is 1.24 bits per heavy atom. The van der Waals surface area contributed by atoms with Gasteiger partial charge in [0.25, 0.3) is 0 Å². The van der Waals surface area contributed by atoms with Gasteiger partial charge in [0, 0.05) is 13.1 Å². The molecule has 0 amide bonds. The monoisotopic (exact) mass is 233 g/mol. The summed E-state index contributed by atoms with van der Waals surface area (Å²) >= 11 is 0. The lowest BCUT2D eigenvalue weighted by Crippen LogP contribution is -2.25. The quantitative estimate of drug-likeness (QED) is 0.812. The number of aromatic nitrogens is 2. The fraction of sp³-hybridized carbons (Fsp3) is 0.385. The summed E-state index contributed by atoms with van der Waals surface area (Å²) in [6, 6.07) is 4.93. The van der Waals surface area contributed by atoms with Gasteiger partial charge in [-0.05, 0) is 25.5 Å². The van der Waals surface area contributed by atoms with Gasteiger partial charge in [-0.1, -0.05) is 13.0 Å². The van der Waals surface area contributed by atoms with E-state index < -0.39 is 0 Å². The lowest BCUT2D eigenvalue weighted by atomic mass is 10.2. The highest BCUT2D eigenvalue weighted by Gasteiger charge is 2.13. The molecule has 0 aliphatic rings. The van der Waals surface area contributed by atoms with Gasteiger partial charge in [-0.3, -0.25) is 0 Å². The first-order valence-electron chi connectivity index (χ1n) is 5.92. The Balaban J connectivity index is 2.60. The molecule has 0 fully saturated rings. The molecule has 0 aliphatic heterocycles. The summed E-state index contributed by atoms with van der Waals surface area (Å²) in [4.78, 5) is 10.4. The van der Waals surface area contributed by atoms with Crippen molar-refractivity contribution in [2.24, 2.45) is 0 Å². The molecule has 0 atom stereocenters. The molecule has 0 N–H and O–H groups in total. The van der Waals surface area contributed by atoms with E-state index in [9.17, 15) is 4.39 Å². The summed E-state index contributed by atoms with van der Waals surface area (Å²) in [7, 11) is 0. The largest absolute Gasteiger partial charge is 0.356 e. The highest BCUT2D eigenvalue weighted by Crippen LogP contribution is 2.25. The molecule has 1 aromatic heterocycles. The molecular formula is C13H16FN3. The van der Waals surface area contributed by atoms with Gasteiger partial charge in [-0.2, -0.15) is 0 Å². The zero-order chi connectivity index (χ0) is 12.3. The molecular weight excluding hydrogens is 217 g/mol. The molecule has 0 saturated heterocycles. The number of halogens is 1. The summed E-state index contributed by atoms with van der Waals surface area (Å²) < 4.78 is 13.9. The summed E-state index contributed by atoms with van der Waals surface area (Å²) in [5.41, 5.74) is 0.657. The first-order chi connectivity index (χ1) is 8.27. The summed E-state index contributed by atoms with van der Waals surface area (Å²) in [5.74, 6) is 0.435. The maximum Gasteiger partial charge on any atom is 0.142 e. The van der Waals surface area contributed by atoms with Crippen LogP contribution in [0.2, 0.25) is 0 Å². The summed E-state index contributed by atoms with van der Waals surface area (Å²) in [6.45, 7) is 5.83. The number of hydrogen-bond acceptors (Lipinski definition) is 3. The molecule has 4 heteroatoms. The molecule has 2 rings (SSSR count). The van der Waals surface area contributed by atoms with Crippen LogP contribution in [0.4, 0.5) is 10.2 Å². The maximum absolute atomic E-state index is 13.9. The summed E-state index contributed by atoms with van der Waals surface area (Å²) in [6.07, 6.45) is 2.50. The third-order valence-corrected chi connectivity index (χ3v) is 2.77. The van der Waals surface area contributed by atoms with Crippen LogP contribution in [0.25, 0.3) is 10.9 Å².